The average Bonchev–Trinajstić information content (AvgIpc) is 2.38. The number of benzene rings is 1. The van der Waals surface area contributed by atoms with Gasteiger partial charge in [0.2, 0.25) is 0 Å². The number of nitrogens with zero attached hydrogens (tertiary/aromatic N) is 1. The fraction of sp³-hybridized carbons (Fsp3) is 0.333. The first-order valence-corrected chi connectivity index (χ1v) is 6.41. The van der Waals surface area contributed by atoms with Gasteiger partial charge in [0, 0.05) is 5.39 Å². The third kappa shape index (κ3) is 2.38. The molecule has 0 unspecified atom stereocenters. The lowest BCUT2D eigenvalue weighted by Crippen LogP contribution is -2.14. The Labute approximate surface area is 112 Å². The Balaban J connectivity index is 2.74. The van der Waals surface area contributed by atoms with Crippen molar-refractivity contribution in [2.24, 2.45) is 0 Å². The van der Waals surface area contributed by atoms with Crippen LogP contribution in [-0.2, 0) is 4.74 Å². The van der Waals surface area contributed by atoms with Crippen LogP contribution < -0.4 is 5.73 Å². The van der Waals surface area contributed by atoms with Gasteiger partial charge in [-0.1, -0.05) is 32.0 Å². The van der Waals surface area contributed by atoms with Crippen molar-refractivity contribution < 1.29 is 9.53 Å². The van der Waals surface area contributed by atoms with Gasteiger partial charge in [-0.25, -0.2) is 4.79 Å². The molecular formula is C15H18N2O2. The number of hydrogen-bond acceptors (Lipinski definition) is 4. The zero-order valence-corrected chi connectivity index (χ0v) is 11.4. The molecule has 0 radical (unpaired) electrons. The van der Waals surface area contributed by atoms with Gasteiger partial charge in [-0.2, -0.15) is 0 Å². The Morgan fingerprint density at radius 3 is 2.68 bits per heavy atom. The zero-order valence-electron chi connectivity index (χ0n) is 11.4. The molecule has 19 heavy (non-hydrogen) atoms. The van der Waals surface area contributed by atoms with Crippen LogP contribution in [0.2, 0.25) is 0 Å². The molecule has 1 aromatic carbocycles. The van der Waals surface area contributed by atoms with Crippen LogP contribution in [0.1, 0.15) is 42.7 Å². The van der Waals surface area contributed by atoms with E-state index in [0.717, 1.165) is 10.9 Å². The molecule has 2 N–H and O–H groups in total. The van der Waals surface area contributed by atoms with E-state index in [2.05, 4.69) is 4.98 Å². The maximum atomic E-state index is 12.1. The summed E-state index contributed by atoms with van der Waals surface area (Å²) in [4.78, 5) is 16.7. The number of nitrogen functional groups attached to an aromatic ring is 1. The van der Waals surface area contributed by atoms with Gasteiger partial charge in [0.1, 0.15) is 5.56 Å². The third-order valence-electron chi connectivity index (χ3n) is 2.99. The van der Waals surface area contributed by atoms with Crippen molar-refractivity contribution >= 4 is 22.6 Å². The van der Waals surface area contributed by atoms with Crippen molar-refractivity contribution in [1.29, 1.82) is 0 Å². The highest BCUT2D eigenvalue weighted by Gasteiger charge is 2.22. The summed E-state index contributed by atoms with van der Waals surface area (Å²) < 4.78 is 5.09. The zero-order chi connectivity index (χ0) is 14.0. The van der Waals surface area contributed by atoms with Crippen LogP contribution in [0.5, 0.6) is 0 Å². The van der Waals surface area contributed by atoms with Gasteiger partial charge in [0.15, 0.2) is 0 Å². The molecular weight excluding hydrogens is 240 g/mol. The van der Waals surface area contributed by atoms with Crippen LogP contribution in [0, 0.1) is 0 Å². The number of anilines is 1. The summed E-state index contributed by atoms with van der Waals surface area (Å²) in [5.74, 6) is -0.298. The van der Waals surface area contributed by atoms with E-state index < -0.39 is 5.97 Å². The molecule has 0 spiro atoms. The first-order valence-electron chi connectivity index (χ1n) is 6.41. The number of ether oxygens (including phenoxy) is 1. The number of pyridine rings is 1. The topological polar surface area (TPSA) is 65.2 Å². The molecule has 0 aliphatic heterocycles. The quantitative estimate of drug-likeness (QED) is 0.859. The van der Waals surface area contributed by atoms with Crippen molar-refractivity contribution in [2.75, 3.05) is 12.3 Å². The minimum absolute atomic E-state index is 0.103. The Hall–Kier alpha value is -2.10. The predicted molar refractivity (Wildman–Crippen MR) is 76.2 cm³/mol. The van der Waals surface area contributed by atoms with Crippen LogP contribution in [0.4, 0.5) is 5.69 Å². The molecule has 100 valence electrons. The smallest absolute Gasteiger partial charge is 0.342 e. The van der Waals surface area contributed by atoms with Crippen LogP contribution >= 0.6 is 0 Å². The third-order valence-corrected chi connectivity index (χ3v) is 2.99. The van der Waals surface area contributed by atoms with E-state index in [0.29, 0.717) is 23.6 Å². The number of fused-ring (bicyclic) bond motifs is 1. The van der Waals surface area contributed by atoms with E-state index in [1.54, 1.807) is 6.92 Å². The minimum atomic E-state index is -0.401. The molecule has 0 fully saturated rings. The molecule has 4 nitrogen and oxygen atoms in total. The highest BCUT2D eigenvalue weighted by Crippen LogP contribution is 2.30. The van der Waals surface area contributed by atoms with Gasteiger partial charge in [0.25, 0.3) is 0 Å². The Morgan fingerprint density at radius 2 is 2.05 bits per heavy atom. The van der Waals surface area contributed by atoms with Gasteiger partial charge in [-0.15, -0.1) is 0 Å². The maximum absolute atomic E-state index is 12.1. The van der Waals surface area contributed by atoms with Gasteiger partial charge >= 0.3 is 5.97 Å². The predicted octanol–water partition coefficient (Wildman–Crippen LogP) is 3.12. The SMILES string of the molecule is CCOC(=O)c1c(C(C)C)nc2ccccc2c1N. The average molecular weight is 258 g/mol. The van der Waals surface area contributed by atoms with Crippen molar-refractivity contribution in [3.8, 4) is 0 Å². The first kappa shape index (κ1) is 13.3. The second-order valence-corrected chi connectivity index (χ2v) is 4.68. The molecule has 0 saturated heterocycles. The van der Waals surface area contributed by atoms with E-state index >= 15 is 0 Å². The number of esters is 1. The van der Waals surface area contributed by atoms with E-state index in [1.807, 2.05) is 38.1 Å². The number of carbonyl (C=O) groups is 1. The van der Waals surface area contributed by atoms with E-state index in [-0.39, 0.29) is 5.92 Å². The second-order valence-electron chi connectivity index (χ2n) is 4.68. The van der Waals surface area contributed by atoms with Crippen LogP contribution in [-0.4, -0.2) is 17.6 Å². The van der Waals surface area contributed by atoms with Crippen molar-refractivity contribution in [3.05, 3.63) is 35.5 Å². The molecule has 0 saturated carbocycles. The molecule has 0 aliphatic carbocycles. The molecule has 1 heterocycles. The summed E-state index contributed by atoms with van der Waals surface area (Å²) in [6, 6.07) is 7.55. The summed E-state index contributed by atoms with van der Waals surface area (Å²) in [6.07, 6.45) is 0. The first-order chi connectivity index (χ1) is 9.06. The molecule has 2 rings (SSSR count). The Bertz CT molecular complexity index is 621. The van der Waals surface area contributed by atoms with Crippen molar-refractivity contribution in [3.63, 3.8) is 0 Å². The summed E-state index contributed by atoms with van der Waals surface area (Å²) in [5.41, 5.74) is 8.49. The molecule has 0 amide bonds. The normalized spacial score (nSPS) is 10.9. The van der Waals surface area contributed by atoms with Crippen LogP contribution in [0.3, 0.4) is 0 Å². The standard InChI is InChI=1S/C15H18N2O2/c1-4-19-15(18)12-13(16)10-7-5-6-8-11(10)17-14(12)9(2)3/h5-9H,4H2,1-3H3,(H2,16,17). The van der Waals surface area contributed by atoms with E-state index in [4.69, 9.17) is 10.5 Å². The van der Waals surface area contributed by atoms with E-state index in [1.165, 1.54) is 0 Å². The van der Waals surface area contributed by atoms with Crippen LogP contribution in [0.25, 0.3) is 10.9 Å². The molecule has 1 aromatic heterocycles. The van der Waals surface area contributed by atoms with Crippen LogP contribution in [0.15, 0.2) is 24.3 Å². The second kappa shape index (κ2) is 5.26. The number of para-hydroxylation sites is 1. The summed E-state index contributed by atoms with van der Waals surface area (Å²) in [6.45, 7) is 6.07. The minimum Gasteiger partial charge on any atom is -0.462 e. The van der Waals surface area contributed by atoms with Gasteiger partial charge in [-0.3, -0.25) is 4.98 Å². The number of aromatic nitrogens is 1. The molecule has 4 heteroatoms. The molecule has 0 atom stereocenters. The highest BCUT2D eigenvalue weighted by molar-refractivity contribution is 6.05. The van der Waals surface area contributed by atoms with Gasteiger partial charge in [0.05, 0.1) is 23.5 Å². The number of hydrogen-bond donors (Lipinski definition) is 1. The summed E-state index contributed by atoms with van der Waals surface area (Å²) >= 11 is 0. The summed E-state index contributed by atoms with van der Waals surface area (Å²) in [5, 5.41) is 0.787. The Kier molecular flexibility index (Phi) is 3.69. The Morgan fingerprint density at radius 1 is 1.37 bits per heavy atom. The molecule has 0 aliphatic rings. The van der Waals surface area contributed by atoms with Gasteiger partial charge in [-0.05, 0) is 18.9 Å². The van der Waals surface area contributed by atoms with Gasteiger partial charge < -0.3 is 10.5 Å². The number of carbonyl (C=O) groups excluding carboxylic acids is 1. The lowest BCUT2D eigenvalue weighted by molar-refractivity contribution is 0.0525. The number of rotatable bonds is 3. The monoisotopic (exact) mass is 258 g/mol. The largest absolute Gasteiger partial charge is 0.462 e. The molecule has 2 aromatic rings. The van der Waals surface area contributed by atoms with Crippen molar-refractivity contribution in [1.82, 2.24) is 4.98 Å². The molecule has 0 bridgehead atoms. The fourth-order valence-electron chi connectivity index (χ4n) is 2.09. The lowest BCUT2D eigenvalue weighted by atomic mass is 9.99. The van der Waals surface area contributed by atoms with Crippen molar-refractivity contribution in [2.45, 2.75) is 26.7 Å². The lowest BCUT2D eigenvalue weighted by Gasteiger charge is -2.15. The summed E-state index contributed by atoms with van der Waals surface area (Å²) in [7, 11) is 0. The number of nitrogens with two attached hydrogens (primary N) is 1. The van der Waals surface area contributed by atoms with E-state index in [9.17, 15) is 4.79 Å². The highest BCUT2D eigenvalue weighted by atomic mass is 16.5. The fourth-order valence-corrected chi connectivity index (χ4v) is 2.09. The maximum Gasteiger partial charge on any atom is 0.342 e.